The summed E-state index contributed by atoms with van der Waals surface area (Å²) in [6.45, 7) is 11.8. The highest BCUT2D eigenvalue weighted by atomic mass is 32.2. The average Bonchev–Trinajstić information content (AvgIpc) is 2.56. The van der Waals surface area contributed by atoms with Crippen LogP contribution in [0.25, 0.3) is 0 Å². The van der Waals surface area contributed by atoms with Gasteiger partial charge >= 0.3 is 0 Å². The van der Waals surface area contributed by atoms with Crippen LogP contribution >= 0.6 is 11.8 Å². The first kappa shape index (κ1) is 14.0. The van der Waals surface area contributed by atoms with Gasteiger partial charge in [0.25, 0.3) is 0 Å². The number of thioether (sulfide) groups is 1. The molecule has 1 fully saturated rings. The predicted molar refractivity (Wildman–Crippen MR) is 71.8 cm³/mol. The third-order valence-electron chi connectivity index (χ3n) is 3.16. The molecule has 16 heavy (non-hydrogen) atoms. The second-order valence-electron chi connectivity index (χ2n) is 5.87. The van der Waals surface area contributed by atoms with Gasteiger partial charge in [-0.3, -0.25) is 9.69 Å². The van der Waals surface area contributed by atoms with Gasteiger partial charge in [-0.15, -0.1) is 11.8 Å². The molecule has 0 aromatic rings. The van der Waals surface area contributed by atoms with E-state index in [9.17, 15) is 4.79 Å². The van der Waals surface area contributed by atoms with Crippen LogP contribution in [0.4, 0.5) is 0 Å². The molecule has 0 bridgehead atoms. The van der Waals surface area contributed by atoms with Crippen molar-refractivity contribution in [2.24, 2.45) is 5.41 Å². The summed E-state index contributed by atoms with van der Waals surface area (Å²) in [4.78, 5) is 14.0. The molecule has 3 heteroatoms. The minimum Gasteiger partial charge on any atom is -0.298 e. The lowest BCUT2D eigenvalue weighted by Crippen LogP contribution is -2.42. The topological polar surface area (TPSA) is 20.3 Å². The molecule has 1 heterocycles. The molecule has 2 atom stereocenters. The van der Waals surface area contributed by atoms with Gasteiger partial charge in [-0.05, 0) is 25.2 Å². The maximum atomic E-state index is 11.6. The van der Waals surface area contributed by atoms with Crippen molar-refractivity contribution >= 4 is 17.5 Å². The van der Waals surface area contributed by atoms with Gasteiger partial charge in [0.1, 0.15) is 5.78 Å². The molecule has 0 N–H and O–H groups in total. The fraction of sp³-hybridized carbons (Fsp3) is 0.923. The highest BCUT2D eigenvalue weighted by Crippen LogP contribution is 2.33. The molecule has 94 valence electrons. The van der Waals surface area contributed by atoms with E-state index in [1.807, 2.05) is 11.8 Å². The smallest absolute Gasteiger partial charge is 0.147 e. The van der Waals surface area contributed by atoms with Crippen molar-refractivity contribution in [2.45, 2.75) is 58.9 Å². The lowest BCUT2D eigenvalue weighted by Gasteiger charge is -2.30. The van der Waals surface area contributed by atoms with Crippen molar-refractivity contribution in [3.63, 3.8) is 0 Å². The summed E-state index contributed by atoms with van der Waals surface area (Å²) in [7, 11) is 0. The van der Waals surface area contributed by atoms with Gasteiger partial charge in [0.05, 0.1) is 11.4 Å². The number of hydrogen-bond acceptors (Lipinski definition) is 3. The van der Waals surface area contributed by atoms with E-state index in [2.05, 4.69) is 32.6 Å². The van der Waals surface area contributed by atoms with Crippen LogP contribution in [0.15, 0.2) is 0 Å². The molecule has 0 saturated carbocycles. The van der Waals surface area contributed by atoms with E-state index in [1.54, 1.807) is 6.92 Å². The number of ketones is 1. The minimum absolute atomic E-state index is 0.164. The molecule has 1 aliphatic rings. The molecule has 1 rings (SSSR count). The van der Waals surface area contributed by atoms with Crippen molar-refractivity contribution in [1.29, 1.82) is 0 Å². The monoisotopic (exact) mass is 243 g/mol. The van der Waals surface area contributed by atoms with Crippen molar-refractivity contribution in [2.75, 3.05) is 12.3 Å². The Hall–Kier alpha value is -0.0200. The Bertz CT molecular complexity index is 247. The second-order valence-corrected chi connectivity index (χ2v) is 7.08. The van der Waals surface area contributed by atoms with Crippen LogP contribution in [0.1, 0.15) is 47.5 Å². The van der Waals surface area contributed by atoms with Crippen molar-refractivity contribution < 1.29 is 4.79 Å². The number of hydrogen-bond donors (Lipinski definition) is 0. The highest BCUT2D eigenvalue weighted by Gasteiger charge is 2.35. The van der Waals surface area contributed by atoms with Crippen LogP contribution in [0.5, 0.6) is 0 Å². The fourth-order valence-corrected chi connectivity index (χ4v) is 3.57. The van der Waals surface area contributed by atoms with Crippen LogP contribution in [-0.2, 0) is 4.79 Å². The first-order valence-corrected chi connectivity index (χ1v) is 7.28. The summed E-state index contributed by atoms with van der Waals surface area (Å²) in [6, 6.07) is 0.164. The third-order valence-corrected chi connectivity index (χ3v) is 4.65. The van der Waals surface area contributed by atoms with Gasteiger partial charge in [-0.1, -0.05) is 27.7 Å². The zero-order valence-electron chi connectivity index (χ0n) is 11.2. The van der Waals surface area contributed by atoms with Gasteiger partial charge < -0.3 is 0 Å². The van der Waals surface area contributed by atoms with Crippen LogP contribution < -0.4 is 0 Å². The zero-order chi connectivity index (χ0) is 12.3. The molecule has 0 aromatic carbocycles. The van der Waals surface area contributed by atoms with Gasteiger partial charge in [0, 0.05) is 12.3 Å². The molecule has 1 aliphatic heterocycles. The molecular weight excluding hydrogens is 218 g/mol. The van der Waals surface area contributed by atoms with E-state index >= 15 is 0 Å². The quantitative estimate of drug-likeness (QED) is 0.756. The average molecular weight is 243 g/mol. The Labute approximate surface area is 104 Å². The standard InChI is InChI=1S/C13H25NOS/c1-6-12-14(8-7-13(3,4)5)11(9-16-12)10(2)15/h11-12H,6-9H2,1-5H3. The highest BCUT2D eigenvalue weighted by molar-refractivity contribution is 8.00. The lowest BCUT2D eigenvalue weighted by atomic mass is 9.92. The number of Topliss-reactive ketones (excluding diaryl/α,β-unsaturated/α-hetero) is 1. The van der Waals surface area contributed by atoms with E-state index in [4.69, 9.17) is 0 Å². The predicted octanol–water partition coefficient (Wildman–Crippen LogP) is 3.17. The Morgan fingerprint density at radius 2 is 2.06 bits per heavy atom. The summed E-state index contributed by atoms with van der Waals surface area (Å²) < 4.78 is 0. The molecule has 0 amide bonds. The molecule has 2 nitrogen and oxygen atoms in total. The van der Waals surface area contributed by atoms with Crippen molar-refractivity contribution in [3.05, 3.63) is 0 Å². The summed E-state index contributed by atoms with van der Waals surface area (Å²) in [6.07, 6.45) is 2.30. The maximum Gasteiger partial charge on any atom is 0.147 e. The normalized spacial score (nSPS) is 27.3. The Kier molecular flexibility index (Phi) is 4.87. The van der Waals surface area contributed by atoms with Crippen LogP contribution in [0.2, 0.25) is 0 Å². The number of carbonyl (C=O) groups is 1. The van der Waals surface area contributed by atoms with Gasteiger partial charge in [0.15, 0.2) is 0 Å². The first-order valence-electron chi connectivity index (χ1n) is 6.23. The SMILES string of the molecule is CCC1SCC(C(C)=O)N1CCC(C)(C)C. The van der Waals surface area contributed by atoms with Crippen molar-refractivity contribution in [1.82, 2.24) is 4.90 Å². The molecule has 1 saturated heterocycles. The van der Waals surface area contributed by atoms with Crippen LogP contribution in [0, 0.1) is 5.41 Å². The Morgan fingerprint density at radius 3 is 2.50 bits per heavy atom. The van der Waals surface area contributed by atoms with Crippen molar-refractivity contribution in [3.8, 4) is 0 Å². The summed E-state index contributed by atoms with van der Waals surface area (Å²) in [5.74, 6) is 1.31. The Morgan fingerprint density at radius 1 is 1.44 bits per heavy atom. The van der Waals surface area contributed by atoms with E-state index in [1.165, 1.54) is 0 Å². The van der Waals surface area contributed by atoms with E-state index in [0.29, 0.717) is 16.6 Å². The second kappa shape index (κ2) is 5.54. The number of carbonyl (C=O) groups excluding carboxylic acids is 1. The van der Waals surface area contributed by atoms with E-state index < -0.39 is 0 Å². The molecule has 0 aliphatic carbocycles. The maximum absolute atomic E-state index is 11.6. The molecular formula is C13H25NOS. The van der Waals surface area contributed by atoms with E-state index in [-0.39, 0.29) is 6.04 Å². The summed E-state index contributed by atoms with van der Waals surface area (Å²) >= 11 is 1.94. The summed E-state index contributed by atoms with van der Waals surface area (Å²) in [5.41, 5.74) is 0.354. The van der Waals surface area contributed by atoms with Crippen LogP contribution in [0.3, 0.4) is 0 Å². The Balaban J connectivity index is 2.60. The lowest BCUT2D eigenvalue weighted by molar-refractivity contribution is -0.121. The first-order chi connectivity index (χ1) is 7.35. The number of rotatable bonds is 4. The zero-order valence-corrected chi connectivity index (χ0v) is 12.1. The number of nitrogens with zero attached hydrogens (tertiary/aromatic N) is 1. The van der Waals surface area contributed by atoms with Gasteiger partial charge in [0.2, 0.25) is 0 Å². The molecule has 0 aromatic heterocycles. The van der Waals surface area contributed by atoms with Crippen LogP contribution in [-0.4, -0.2) is 34.4 Å². The minimum atomic E-state index is 0.164. The molecule has 0 spiro atoms. The van der Waals surface area contributed by atoms with E-state index in [0.717, 1.165) is 25.1 Å². The summed E-state index contributed by atoms with van der Waals surface area (Å²) in [5, 5.41) is 0.552. The largest absolute Gasteiger partial charge is 0.298 e. The fourth-order valence-electron chi connectivity index (χ4n) is 2.06. The third kappa shape index (κ3) is 3.77. The molecule has 0 radical (unpaired) electrons. The van der Waals surface area contributed by atoms with Gasteiger partial charge in [-0.2, -0.15) is 0 Å². The van der Waals surface area contributed by atoms with Gasteiger partial charge in [-0.25, -0.2) is 0 Å². The molecule has 2 unspecified atom stereocenters.